The van der Waals surface area contributed by atoms with Crippen LogP contribution in [-0.2, 0) is 26.1 Å². The van der Waals surface area contributed by atoms with E-state index < -0.39 is 27.5 Å². The number of aryl methyl sites for hydroxylation is 1. The summed E-state index contributed by atoms with van der Waals surface area (Å²) in [6.45, 7) is 7.27. The predicted molar refractivity (Wildman–Crippen MR) is 151 cm³/mol. The van der Waals surface area contributed by atoms with Crippen molar-refractivity contribution >= 4 is 33.8 Å². The number of nitrogens with zero attached hydrogens (tertiary/aromatic N) is 2. The largest absolute Gasteiger partial charge is 0.482 e. The average Bonchev–Trinajstić information content (AvgIpc) is 2.86. The lowest BCUT2D eigenvalue weighted by atomic mass is 10.1. The van der Waals surface area contributed by atoms with E-state index in [4.69, 9.17) is 9.47 Å². The van der Waals surface area contributed by atoms with Crippen molar-refractivity contribution in [2.75, 3.05) is 17.2 Å². The first kappa shape index (κ1) is 29.4. The molecule has 0 aliphatic heterocycles. The van der Waals surface area contributed by atoms with Crippen LogP contribution in [0.5, 0.6) is 5.75 Å². The second-order valence-electron chi connectivity index (χ2n) is 9.89. The van der Waals surface area contributed by atoms with Crippen LogP contribution in [0.4, 0.5) is 5.69 Å². The molecule has 0 unspecified atom stereocenters. The lowest BCUT2D eigenvalue weighted by molar-refractivity contribution is -0.157. The molecule has 0 aromatic heterocycles. The molecule has 39 heavy (non-hydrogen) atoms. The Kier molecular flexibility index (Phi) is 9.47. The zero-order valence-electron chi connectivity index (χ0n) is 22.7. The van der Waals surface area contributed by atoms with Crippen molar-refractivity contribution in [2.24, 2.45) is 5.10 Å². The van der Waals surface area contributed by atoms with Gasteiger partial charge >= 0.3 is 5.97 Å². The molecule has 10 heteroatoms. The highest BCUT2D eigenvalue weighted by atomic mass is 32.2. The quantitative estimate of drug-likeness (QED) is 0.226. The van der Waals surface area contributed by atoms with Crippen LogP contribution in [0.1, 0.15) is 47.8 Å². The van der Waals surface area contributed by atoms with Crippen LogP contribution in [0.15, 0.2) is 77.9 Å². The van der Waals surface area contributed by atoms with E-state index in [1.807, 2.05) is 31.2 Å². The fourth-order valence-corrected chi connectivity index (χ4v) is 4.39. The van der Waals surface area contributed by atoms with E-state index in [0.717, 1.165) is 17.4 Å². The average molecular weight is 552 g/mol. The number of sulfonamides is 1. The number of hydrazone groups is 1. The number of benzene rings is 3. The maximum Gasteiger partial charge on any atom is 0.344 e. The number of rotatable bonds is 10. The number of anilines is 1. The van der Waals surface area contributed by atoms with Gasteiger partial charge in [0.05, 0.1) is 24.7 Å². The van der Waals surface area contributed by atoms with E-state index in [9.17, 15) is 18.0 Å². The van der Waals surface area contributed by atoms with Crippen LogP contribution in [0.25, 0.3) is 0 Å². The Morgan fingerprint density at radius 2 is 1.62 bits per heavy atom. The van der Waals surface area contributed by atoms with Crippen LogP contribution in [-0.4, -0.2) is 45.0 Å². The topological polar surface area (TPSA) is 114 Å². The van der Waals surface area contributed by atoms with Crippen LogP contribution in [0, 0.1) is 6.92 Å². The van der Waals surface area contributed by atoms with E-state index >= 15 is 0 Å². The minimum Gasteiger partial charge on any atom is -0.482 e. The second kappa shape index (κ2) is 12.6. The Bertz CT molecular complexity index is 1430. The zero-order valence-corrected chi connectivity index (χ0v) is 23.5. The smallest absolute Gasteiger partial charge is 0.344 e. The van der Waals surface area contributed by atoms with Gasteiger partial charge in [0.2, 0.25) is 10.0 Å². The van der Waals surface area contributed by atoms with Crippen molar-refractivity contribution in [3.8, 4) is 5.75 Å². The molecule has 206 valence electrons. The lowest BCUT2D eigenvalue weighted by Crippen LogP contribution is -2.29. The summed E-state index contributed by atoms with van der Waals surface area (Å²) in [7, 11) is -3.55. The van der Waals surface area contributed by atoms with Gasteiger partial charge in [-0.3, -0.25) is 9.10 Å². The van der Waals surface area contributed by atoms with Gasteiger partial charge in [-0.1, -0.05) is 24.3 Å². The second-order valence-corrected chi connectivity index (χ2v) is 11.8. The molecule has 0 fully saturated rings. The SMILES string of the molecule is Cc1ccccc1CN(c1ccc(C(=O)N/N=C\c2ccc(OCC(=O)OC(C)(C)C)cc2)cc1)S(C)(=O)=O. The van der Waals surface area contributed by atoms with Crippen LogP contribution < -0.4 is 14.5 Å². The molecular formula is C29H33N3O6S. The minimum atomic E-state index is -3.55. The maximum atomic E-state index is 12.5. The minimum absolute atomic E-state index is 0.187. The third-order valence-corrected chi connectivity index (χ3v) is 6.57. The number of carbonyl (C=O) groups is 2. The fourth-order valence-electron chi connectivity index (χ4n) is 3.51. The monoisotopic (exact) mass is 551 g/mol. The summed E-state index contributed by atoms with van der Waals surface area (Å²) in [5, 5.41) is 3.98. The molecule has 0 spiro atoms. The summed E-state index contributed by atoms with van der Waals surface area (Å²) >= 11 is 0. The molecule has 0 aliphatic carbocycles. The first-order valence-electron chi connectivity index (χ1n) is 12.2. The van der Waals surface area contributed by atoms with Gasteiger partial charge in [-0.05, 0) is 92.9 Å². The van der Waals surface area contributed by atoms with Gasteiger partial charge in [-0.15, -0.1) is 0 Å². The van der Waals surface area contributed by atoms with Gasteiger partial charge in [0.1, 0.15) is 11.4 Å². The van der Waals surface area contributed by atoms with Crippen LogP contribution in [0.3, 0.4) is 0 Å². The summed E-state index contributed by atoms with van der Waals surface area (Å²) < 4.78 is 36.9. The number of carbonyl (C=O) groups excluding carboxylic acids is 2. The van der Waals surface area contributed by atoms with E-state index in [1.165, 1.54) is 10.5 Å². The number of hydrogen-bond acceptors (Lipinski definition) is 7. The Morgan fingerprint density at radius 1 is 0.974 bits per heavy atom. The molecule has 0 saturated heterocycles. The molecular weight excluding hydrogens is 518 g/mol. The normalized spacial score (nSPS) is 11.7. The number of hydrogen-bond donors (Lipinski definition) is 1. The van der Waals surface area contributed by atoms with E-state index in [1.54, 1.807) is 69.3 Å². The zero-order chi connectivity index (χ0) is 28.6. The van der Waals surface area contributed by atoms with Crippen molar-refractivity contribution in [1.29, 1.82) is 0 Å². The van der Waals surface area contributed by atoms with Crippen molar-refractivity contribution in [3.05, 3.63) is 95.1 Å². The van der Waals surface area contributed by atoms with Gasteiger partial charge in [0.15, 0.2) is 6.61 Å². The van der Waals surface area contributed by atoms with Gasteiger partial charge in [0.25, 0.3) is 5.91 Å². The first-order valence-corrected chi connectivity index (χ1v) is 14.1. The van der Waals surface area contributed by atoms with Gasteiger partial charge < -0.3 is 9.47 Å². The fraction of sp³-hybridized carbons (Fsp3) is 0.276. The highest BCUT2D eigenvalue weighted by molar-refractivity contribution is 7.92. The number of ether oxygens (including phenoxy) is 2. The number of amides is 1. The Balaban J connectivity index is 1.57. The number of nitrogens with one attached hydrogen (secondary N) is 1. The van der Waals surface area contributed by atoms with Crippen LogP contribution in [0.2, 0.25) is 0 Å². The molecule has 1 N–H and O–H groups in total. The molecule has 9 nitrogen and oxygen atoms in total. The molecule has 0 atom stereocenters. The van der Waals surface area contributed by atoms with Gasteiger partial charge in [-0.2, -0.15) is 5.10 Å². The lowest BCUT2D eigenvalue weighted by Gasteiger charge is -2.23. The molecule has 3 rings (SSSR count). The standard InChI is InChI=1S/C29H33N3O6S/c1-21-8-6-7-9-24(21)19-32(39(5,35)36)25-14-12-23(13-15-25)28(34)31-30-18-22-10-16-26(17-11-22)37-20-27(33)38-29(2,3)4/h6-18H,19-20H2,1-5H3,(H,31,34)/b30-18-. The van der Waals surface area contributed by atoms with Crippen molar-refractivity contribution < 1.29 is 27.5 Å². The molecule has 0 saturated carbocycles. The van der Waals surface area contributed by atoms with E-state index in [0.29, 0.717) is 22.6 Å². The van der Waals surface area contributed by atoms with Crippen molar-refractivity contribution in [3.63, 3.8) is 0 Å². The first-order chi connectivity index (χ1) is 18.3. The third kappa shape index (κ3) is 9.26. The van der Waals surface area contributed by atoms with Crippen molar-refractivity contribution in [1.82, 2.24) is 5.43 Å². The summed E-state index contributed by atoms with van der Waals surface area (Å²) in [6.07, 6.45) is 2.62. The van der Waals surface area contributed by atoms with Gasteiger partial charge in [0, 0.05) is 5.56 Å². The summed E-state index contributed by atoms with van der Waals surface area (Å²) in [5.41, 5.74) is 5.24. The van der Waals surface area contributed by atoms with Crippen LogP contribution >= 0.6 is 0 Å². The Hall–Kier alpha value is -4.18. The molecule has 0 radical (unpaired) electrons. The van der Waals surface area contributed by atoms with E-state index in [-0.39, 0.29) is 13.2 Å². The summed E-state index contributed by atoms with van der Waals surface area (Å²) in [4.78, 5) is 24.3. The highest BCUT2D eigenvalue weighted by Crippen LogP contribution is 2.22. The third-order valence-electron chi connectivity index (χ3n) is 5.43. The van der Waals surface area contributed by atoms with Crippen molar-refractivity contribution in [2.45, 2.75) is 39.8 Å². The molecule has 0 bridgehead atoms. The van der Waals surface area contributed by atoms with Gasteiger partial charge in [-0.25, -0.2) is 18.6 Å². The predicted octanol–water partition coefficient (Wildman–Crippen LogP) is 4.45. The molecule has 1 amide bonds. The van der Waals surface area contributed by atoms with E-state index in [2.05, 4.69) is 10.5 Å². The molecule has 0 heterocycles. The molecule has 3 aromatic rings. The Morgan fingerprint density at radius 3 is 2.21 bits per heavy atom. The maximum absolute atomic E-state index is 12.5. The molecule has 0 aliphatic rings. The summed E-state index contributed by atoms with van der Waals surface area (Å²) in [6, 6.07) is 20.7. The highest BCUT2D eigenvalue weighted by Gasteiger charge is 2.19. The summed E-state index contributed by atoms with van der Waals surface area (Å²) in [5.74, 6) is -0.410. The Labute approximate surface area is 229 Å². The molecule has 3 aromatic carbocycles. The number of esters is 1.